The Morgan fingerprint density at radius 1 is 1.07 bits per heavy atom. The highest BCUT2D eigenvalue weighted by Crippen LogP contribution is 2.40. The van der Waals surface area contributed by atoms with E-state index in [0.29, 0.717) is 59.3 Å². The Hall–Kier alpha value is -4.11. The number of esters is 1. The average molecular weight is 1020 g/mol. The van der Waals surface area contributed by atoms with Gasteiger partial charge in [0, 0.05) is 35.4 Å². The molecule has 2 aliphatic heterocycles. The molecule has 4 rings (SSSR count). The van der Waals surface area contributed by atoms with Crippen LogP contribution in [0, 0.1) is 35.5 Å². The third-order valence-corrected chi connectivity index (χ3v) is 14.9. The van der Waals surface area contributed by atoms with Crippen molar-refractivity contribution in [3.63, 3.8) is 0 Å². The van der Waals surface area contributed by atoms with Gasteiger partial charge in [0.2, 0.25) is 11.8 Å². The highest BCUT2D eigenvalue weighted by atomic mass is 32.1. The van der Waals surface area contributed by atoms with Gasteiger partial charge in [-0.15, -0.1) is 11.3 Å². The lowest BCUT2D eigenvalue weighted by Gasteiger charge is -2.44. The number of thiazole rings is 1. The van der Waals surface area contributed by atoms with Crippen LogP contribution in [-0.2, 0) is 44.8 Å². The fourth-order valence-corrected chi connectivity index (χ4v) is 10.6. The number of hydrogen-bond acceptors (Lipinski definition) is 16. The number of Topliss-reactive ketones (excluding diaryl/α,β-unsaturated/α-hetero) is 1. The van der Waals surface area contributed by atoms with E-state index in [9.17, 15) is 29.4 Å². The van der Waals surface area contributed by atoms with Crippen LogP contribution in [0.15, 0.2) is 33.7 Å². The van der Waals surface area contributed by atoms with Crippen LogP contribution in [0.4, 0.5) is 10.2 Å². The van der Waals surface area contributed by atoms with Gasteiger partial charge >= 0.3 is 5.97 Å². The number of ketones is 1. The number of hydrogen-bond donors (Lipinski definition) is 4. The molecule has 2 aliphatic rings. The summed E-state index contributed by atoms with van der Waals surface area (Å²) in [6.45, 7) is 20.7. The summed E-state index contributed by atoms with van der Waals surface area (Å²) in [6.07, 6.45) is -2.46. The van der Waals surface area contributed by atoms with Gasteiger partial charge in [-0.3, -0.25) is 14.4 Å². The largest absolute Gasteiger partial charge is 0.457 e. The molecular formula is C52H82FN7O10S. The summed E-state index contributed by atoms with van der Waals surface area (Å²) >= 11 is 1.35. The van der Waals surface area contributed by atoms with Gasteiger partial charge in [0.05, 0.1) is 29.7 Å². The standard InChI is InChI=1S/C52H82FN7O10S/c1-15-40-52(12,66)36(32(9)43(29(5)6)58-42(61)16-2)23-22-34(59-67-26-35-27-71-48(55-35)38-18-17-19-41(56-38)57-47(64)37(54)24-28(3)4)21-20-30(7)45(33(10)46(63)51(11,53)50(65)69-40)70-49-44(62)39(60(13)14)25-31(8)68-49/h17-19,27-33,36-37,39-40,44-45,49,62,66H,15-16,20-26,54H2,1-14H3,(H,56,57,64)/b58-43?,59-34-/t30?,31-,32-,33?,36-,37+,39?,40-,44-,45+,49+,51+,52+/m1/s1. The van der Waals surface area contributed by atoms with E-state index in [2.05, 4.69) is 20.4 Å². The molecule has 2 saturated heterocycles. The van der Waals surface area contributed by atoms with E-state index in [1.807, 2.05) is 72.8 Å². The van der Waals surface area contributed by atoms with Crippen LogP contribution in [0.5, 0.6) is 0 Å². The van der Waals surface area contributed by atoms with Crippen molar-refractivity contribution in [1.82, 2.24) is 14.9 Å². The molecule has 2 amide bonds. The summed E-state index contributed by atoms with van der Waals surface area (Å²) in [7, 11) is 3.69. The normalized spacial score (nSPS) is 31.3. The van der Waals surface area contributed by atoms with Crippen molar-refractivity contribution in [3.05, 3.63) is 29.3 Å². The summed E-state index contributed by atoms with van der Waals surface area (Å²) in [5, 5.41) is 34.0. The quantitative estimate of drug-likeness (QED) is 0.0546. The topological polar surface area (TPSA) is 237 Å². The third-order valence-electron chi connectivity index (χ3n) is 14.0. The molecule has 5 N–H and O–H groups in total. The summed E-state index contributed by atoms with van der Waals surface area (Å²) in [6, 6.07) is 4.24. The maximum atomic E-state index is 17.0. The van der Waals surface area contributed by atoms with Gasteiger partial charge in [-0.2, -0.15) is 0 Å². The summed E-state index contributed by atoms with van der Waals surface area (Å²) < 4.78 is 35.5. The fraction of sp³-hybridized carbons (Fsp3) is 0.731. The number of nitrogens with one attached hydrogen (secondary N) is 1. The van der Waals surface area contributed by atoms with Gasteiger partial charge < -0.3 is 45.2 Å². The maximum absolute atomic E-state index is 17.0. The Morgan fingerprint density at radius 3 is 2.37 bits per heavy atom. The number of anilines is 1. The second kappa shape index (κ2) is 26.2. The highest BCUT2D eigenvalue weighted by Gasteiger charge is 2.53. The first-order valence-corrected chi connectivity index (χ1v) is 26.2. The second-order valence-corrected chi connectivity index (χ2v) is 21.8. The molecule has 0 aromatic carbocycles. The molecule has 2 aromatic heterocycles. The van der Waals surface area contributed by atoms with Crippen LogP contribution in [0.25, 0.3) is 10.7 Å². The first-order chi connectivity index (χ1) is 33.2. The number of carbonyl (C=O) groups excluding carboxylic acids is 4. The van der Waals surface area contributed by atoms with E-state index < -0.39 is 77.3 Å². The molecule has 4 heterocycles. The number of ether oxygens (including phenoxy) is 3. The number of alkyl halides is 1. The van der Waals surface area contributed by atoms with E-state index in [1.165, 1.54) is 25.2 Å². The minimum atomic E-state index is -3.15. The van der Waals surface area contributed by atoms with Crippen molar-refractivity contribution >= 4 is 52.1 Å². The lowest BCUT2D eigenvalue weighted by Crippen LogP contribution is -2.57. The van der Waals surface area contributed by atoms with Crippen LogP contribution >= 0.6 is 11.3 Å². The van der Waals surface area contributed by atoms with Crippen molar-refractivity contribution in [3.8, 4) is 10.7 Å². The minimum Gasteiger partial charge on any atom is -0.457 e. The SMILES string of the molecule is CCC(=O)N=C(C(C)C)[C@H](C)[C@H]1CC/C(=N\OCc2csc(-c3cccc(NC(=O)[C@@H](N)CC(C)C)n3)n2)CCC(C)[C@H](O[C@@H]2O[C@H](C)CC(N(C)C)[C@H]2O)C(C)C(=O)[C@](C)(F)C(=O)O[C@H](CC)[C@@]1(C)O. The zero-order valence-corrected chi connectivity index (χ0v) is 45.3. The number of aliphatic imine (C=N–C) groups is 1. The number of aromatic nitrogens is 2. The minimum absolute atomic E-state index is 0.0147. The van der Waals surface area contributed by atoms with Gasteiger partial charge in [-0.25, -0.2) is 24.1 Å². The number of cyclic esters (lactones) is 1. The lowest BCUT2D eigenvalue weighted by atomic mass is 9.70. The number of pyridine rings is 1. The molecule has 398 valence electrons. The van der Waals surface area contributed by atoms with Crippen molar-refractivity contribution in [2.45, 2.75) is 195 Å². The number of aliphatic hydroxyl groups is 2. The molecule has 17 nitrogen and oxygen atoms in total. The van der Waals surface area contributed by atoms with E-state index in [0.717, 1.165) is 6.92 Å². The van der Waals surface area contributed by atoms with Crippen LogP contribution in [-0.4, -0.2) is 128 Å². The van der Waals surface area contributed by atoms with Crippen molar-refractivity contribution in [2.24, 2.45) is 51.4 Å². The molecule has 19 heteroatoms. The van der Waals surface area contributed by atoms with E-state index in [4.69, 9.17) is 29.8 Å². The monoisotopic (exact) mass is 1020 g/mol. The van der Waals surface area contributed by atoms with Gasteiger partial charge in [0.25, 0.3) is 5.67 Å². The Labute approximate surface area is 424 Å². The molecule has 2 aromatic rings. The van der Waals surface area contributed by atoms with Crippen molar-refractivity contribution < 1.29 is 52.8 Å². The molecule has 0 radical (unpaired) electrons. The first-order valence-electron chi connectivity index (χ1n) is 25.3. The third kappa shape index (κ3) is 15.7. The number of nitrogens with two attached hydrogens (primary N) is 1. The van der Waals surface area contributed by atoms with Crippen LogP contribution in [0.2, 0.25) is 0 Å². The molecule has 2 fully saturated rings. The Bertz CT molecular complexity index is 2160. The summed E-state index contributed by atoms with van der Waals surface area (Å²) in [5.41, 5.74) is 3.38. The predicted molar refractivity (Wildman–Crippen MR) is 273 cm³/mol. The number of amides is 2. The van der Waals surface area contributed by atoms with Crippen LogP contribution in [0.1, 0.15) is 140 Å². The maximum Gasteiger partial charge on any atom is 0.351 e. The zero-order valence-electron chi connectivity index (χ0n) is 44.4. The summed E-state index contributed by atoms with van der Waals surface area (Å²) in [5.74, 6) is -5.77. The van der Waals surface area contributed by atoms with Gasteiger partial charge in [0.15, 0.2) is 18.7 Å². The van der Waals surface area contributed by atoms with Crippen molar-refractivity contribution in [1.29, 1.82) is 0 Å². The number of carbonyl (C=O) groups is 4. The molecule has 71 heavy (non-hydrogen) atoms. The van der Waals surface area contributed by atoms with Crippen LogP contribution < -0.4 is 11.1 Å². The molecule has 0 bridgehead atoms. The predicted octanol–water partition coefficient (Wildman–Crippen LogP) is 7.70. The van der Waals surface area contributed by atoms with Crippen LogP contribution in [0.3, 0.4) is 0 Å². The smallest absolute Gasteiger partial charge is 0.351 e. The molecular weight excluding hydrogens is 934 g/mol. The van der Waals surface area contributed by atoms with Gasteiger partial charge in [-0.05, 0) is 116 Å². The van der Waals surface area contributed by atoms with E-state index in [-0.39, 0.29) is 68.1 Å². The fourth-order valence-electron chi connectivity index (χ4n) is 9.80. The first kappa shape index (κ1) is 59.5. The highest BCUT2D eigenvalue weighted by molar-refractivity contribution is 7.13. The number of nitrogens with zero attached hydrogens (tertiary/aromatic N) is 5. The van der Waals surface area contributed by atoms with E-state index >= 15 is 4.39 Å². The zero-order chi connectivity index (χ0) is 53.1. The number of rotatable bonds is 16. The molecule has 0 spiro atoms. The number of likely N-dealkylation sites (N-methyl/N-ethyl adjacent to an activating group) is 1. The van der Waals surface area contributed by atoms with E-state index in [1.54, 1.807) is 32.0 Å². The number of aliphatic hydroxyl groups excluding tert-OH is 1. The molecule has 13 atom stereocenters. The Morgan fingerprint density at radius 2 is 1.75 bits per heavy atom. The molecule has 0 saturated carbocycles. The lowest BCUT2D eigenvalue weighted by molar-refractivity contribution is -0.278. The molecule has 3 unspecified atom stereocenters. The Kier molecular flexibility index (Phi) is 21.9. The number of halogens is 1. The number of oxime groups is 1. The van der Waals surface area contributed by atoms with Gasteiger partial charge in [-0.1, -0.05) is 73.5 Å². The van der Waals surface area contributed by atoms with Crippen molar-refractivity contribution in [2.75, 3.05) is 19.4 Å². The second-order valence-electron chi connectivity index (χ2n) is 21.0. The molecule has 0 aliphatic carbocycles. The Balaban J connectivity index is 1.75. The summed E-state index contributed by atoms with van der Waals surface area (Å²) in [4.78, 5) is 75.6. The van der Waals surface area contributed by atoms with Gasteiger partial charge in [0.1, 0.15) is 34.3 Å². The average Bonchev–Trinajstić information content (AvgIpc) is 3.78.